The van der Waals surface area contributed by atoms with Crippen LogP contribution in [0.2, 0.25) is 4.34 Å². The Morgan fingerprint density at radius 1 is 1.17 bits per heavy atom. The van der Waals surface area contributed by atoms with Crippen LogP contribution in [0.1, 0.15) is 11.3 Å². The fourth-order valence-electron chi connectivity index (χ4n) is 2.74. The molecule has 0 spiro atoms. The zero-order chi connectivity index (χ0) is 16.9. The number of nitrogens with one attached hydrogen (secondary N) is 2. The molecule has 1 amide bonds. The summed E-state index contributed by atoms with van der Waals surface area (Å²) in [6, 6.07) is 4.00. The van der Waals surface area contributed by atoms with Crippen LogP contribution in [0.4, 0.5) is 0 Å². The summed E-state index contributed by atoms with van der Waals surface area (Å²) in [6.45, 7) is 5.61. The molecule has 9 heteroatoms. The average molecular weight is 382 g/mol. The molecule has 130 valence electrons. The highest BCUT2D eigenvalue weighted by molar-refractivity contribution is 7.91. The average Bonchev–Trinajstić information content (AvgIpc) is 2.90. The molecule has 0 radical (unpaired) electrons. The molecule has 1 aromatic rings. The molecule has 1 saturated heterocycles. The third-order valence-electron chi connectivity index (χ3n) is 4.14. The predicted molar refractivity (Wildman–Crippen MR) is 91.8 cm³/mol. The highest BCUT2D eigenvalue weighted by Gasteiger charge is 2.25. The Morgan fingerprint density at radius 2 is 1.83 bits per heavy atom. The summed E-state index contributed by atoms with van der Waals surface area (Å²) in [5, 5.41) is 0. The van der Waals surface area contributed by atoms with Crippen molar-refractivity contribution in [2.45, 2.75) is 13.0 Å². The molecule has 0 atom stereocenters. The summed E-state index contributed by atoms with van der Waals surface area (Å²) >= 11 is 7.57. The Morgan fingerprint density at radius 3 is 2.39 bits per heavy atom. The summed E-state index contributed by atoms with van der Waals surface area (Å²) in [6.07, 6.45) is -0.0844. The van der Waals surface area contributed by atoms with Crippen LogP contribution >= 0.6 is 22.9 Å². The number of halogens is 1. The van der Waals surface area contributed by atoms with E-state index >= 15 is 0 Å². The number of primary amides is 1. The second-order valence-corrected chi connectivity index (χ2v) is 10.1. The van der Waals surface area contributed by atoms with Crippen molar-refractivity contribution in [2.24, 2.45) is 5.73 Å². The molecule has 0 unspecified atom stereocenters. The molecule has 2 heterocycles. The van der Waals surface area contributed by atoms with Crippen LogP contribution in [0.25, 0.3) is 0 Å². The molecule has 0 aromatic carbocycles. The van der Waals surface area contributed by atoms with Gasteiger partial charge in [0, 0.05) is 6.42 Å². The maximum Gasteiger partial charge on any atom is 0.218 e. The molecular weight excluding hydrogens is 358 g/mol. The lowest BCUT2D eigenvalue weighted by atomic mass is 10.3. The number of carbonyl (C=O) groups is 1. The van der Waals surface area contributed by atoms with Crippen LogP contribution in [-0.2, 0) is 21.2 Å². The van der Waals surface area contributed by atoms with E-state index in [0.29, 0.717) is 6.54 Å². The van der Waals surface area contributed by atoms with Gasteiger partial charge >= 0.3 is 0 Å². The highest BCUT2D eigenvalue weighted by Crippen LogP contribution is 2.20. The SMILES string of the molecule is NC(=O)CCS(=O)(=O)CC[NH+]1CC[NH+](Cc2ccc(Cl)s2)CC1. The quantitative estimate of drug-likeness (QED) is 0.485. The van der Waals surface area contributed by atoms with Gasteiger partial charge in [0.2, 0.25) is 5.91 Å². The van der Waals surface area contributed by atoms with E-state index in [4.69, 9.17) is 17.3 Å². The van der Waals surface area contributed by atoms with Crippen molar-refractivity contribution in [2.75, 3.05) is 44.2 Å². The molecule has 0 aliphatic carbocycles. The highest BCUT2D eigenvalue weighted by atomic mass is 35.5. The fraction of sp³-hybridized carbons (Fsp3) is 0.643. The van der Waals surface area contributed by atoms with Gasteiger partial charge in [-0.05, 0) is 12.1 Å². The van der Waals surface area contributed by atoms with Gasteiger partial charge in [-0.15, -0.1) is 11.3 Å². The molecule has 1 aromatic heterocycles. The number of nitrogens with two attached hydrogens (primary N) is 1. The lowest BCUT2D eigenvalue weighted by molar-refractivity contribution is -1.02. The van der Waals surface area contributed by atoms with Crippen LogP contribution < -0.4 is 15.5 Å². The smallest absolute Gasteiger partial charge is 0.218 e. The molecular formula is C14H24ClN3O3S2+2. The minimum absolute atomic E-state index is 0.0844. The number of piperazine rings is 1. The lowest BCUT2D eigenvalue weighted by Gasteiger charge is -2.29. The third-order valence-corrected chi connectivity index (χ3v) is 7.03. The van der Waals surface area contributed by atoms with Crippen LogP contribution in [-0.4, -0.2) is 58.6 Å². The summed E-state index contributed by atoms with van der Waals surface area (Å²) in [5.41, 5.74) is 5.00. The molecule has 4 N–H and O–H groups in total. The van der Waals surface area contributed by atoms with Gasteiger partial charge in [-0.2, -0.15) is 0 Å². The number of hydrogen-bond acceptors (Lipinski definition) is 4. The van der Waals surface area contributed by atoms with Gasteiger partial charge < -0.3 is 15.5 Å². The van der Waals surface area contributed by atoms with E-state index in [1.165, 1.54) is 14.7 Å². The van der Waals surface area contributed by atoms with E-state index in [9.17, 15) is 13.2 Å². The Bertz CT molecular complexity index is 625. The van der Waals surface area contributed by atoms with E-state index in [1.54, 1.807) is 11.3 Å². The van der Waals surface area contributed by atoms with Gasteiger partial charge in [0.05, 0.1) is 27.3 Å². The van der Waals surface area contributed by atoms with Crippen molar-refractivity contribution in [3.63, 3.8) is 0 Å². The van der Waals surface area contributed by atoms with Gasteiger partial charge in [0.25, 0.3) is 0 Å². The van der Waals surface area contributed by atoms with Gasteiger partial charge in [-0.3, -0.25) is 4.79 Å². The first-order valence-corrected chi connectivity index (χ1v) is 10.8. The van der Waals surface area contributed by atoms with E-state index in [0.717, 1.165) is 37.1 Å². The van der Waals surface area contributed by atoms with Crippen LogP contribution in [0.3, 0.4) is 0 Å². The number of carbonyl (C=O) groups excluding carboxylic acids is 1. The molecule has 23 heavy (non-hydrogen) atoms. The van der Waals surface area contributed by atoms with E-state index in [2.05, 4.69) is 6.07 Å². The van der Waals surface area contributed by atoms with Crippen molar-refractivity contribution < 1.29 is 23.0 Å². The van der Waals surface area contributed by atoms with E-state index in [1.807, 2.05) is 6.07 Å². The first-order chi connectivity index (χ1) is 10.8. The lowest BCUT2D eigenvalue weighted by Crippen LogP contribution is -3.27. The Kier molecular flexibility index (Phi) is 6.84. The zero-order valence-corrected chi connectivity index (χ0v) is 15.4. The summed E-state index contributed by atoms with van der Waals surface area (Å²) in [5.74, 6) is -0.566. The predicted octanol–water partition coefficient (Wildman–Crippen LogP) is -2.02. The Hall–Kier alpha value is -0.670. The van der Waals surface area contributed by atoms with Crippen molar-refractivity contribution in [3.05, 3.63) is 21.3 Å². The van der Waals surface area contributed by atoms with Crippen molar-refractivity contribution >= 4 is 38.7 Å². The molecule has 0 bridgehead atoms. The Balaban J connectivity index is 1.69. The standard InChI is InChI=1S/C14H22ClN3O3S2/c15-13-2-1-12(22-13)11-18-6-4-17(5-7-18)8-10-23(20,21)9-3-14(16)19/h1-2H,3-11H2,(H2,16,19)/p+2. The first kappa shape index (κ1) is 18.7. The molecule has 1 fully saturated rings. The molecule has 6 nitrogen and oxygen atoms in total. The van der Waals surface area contributed by atoms with Crippen LogP contribution in [0, 0.1) is 0 Å². The maximum absolute atomic E-state index is 11.8. The number of amides is 1. The number of hydrogen-bond donors (Lipinski definition) is 3. The summed E-state index contributed by atoms with van der Waals surface area (Å²) < 4.78 is 24.5. The minimum atomic E-state index is -3.18. The number of sulfone groups is 1. The van der Waals surface area contributed by atoms with E-state index < -0.39 is 15.7 Å². The normalized spacial score (nSPS) is 22.1. The molecule has 0 saturated carbocycles. The van der Waals surface area contributed by atoms with Gasteiger partial charge in [0.15, 0.2) is 9.84 Å². The van der Waals surface area contributed by atoms with Gasteiger partial charge in [-0.25, -0.2) is 8.42 Å². The second kappa shape index (κ2) is 8.43. The van der Waals surface area contributed by atoms with E-state index in [-0.39, 0.29) is 17.9 Å². The second-order valence-electron chi connectivity index (χ2n) is 6.00. The minimum Gasteiger partial charge on any atom is -0.370 e. The van der Waals surface area contributed by atoms with Crippen LogP contribution in [0.5, 0.6) is 0 Å². The molecule has 2 rings (SSSR count). The van der Waals surface area contributed by atoms with Gasteiger partial charge in [0.1, 0.15) is 32.7 Å². The zero-order valence-electron chi connectivity index (χ0n) is 13.0. The van der Waals surface area contributed by atoms with Crippen LogP contribution in [0.15, 0.2) is 12.1 Å². The monoisotopic (exact) mass is 381 g/mol. The van der Waals surface area contributed by atoms with Crippen molar-refractivity contribution in [1.82, 2.24) is 0 Å². The first-order valence-electron chi connectivity index (χ1n) is 7.74. The molecule has 1 aliphatic rings. The summed E-state index contributed by atoms with van der Waals surface area (Å²) in [4.78, 5) is 14.8. The number of thiophene rings is 1. The largest absolute Gasteiger partial charge is 0.370 e. The van der Waals surface area contributed by atoms with Crippen molar-refractivity contribution in [1.29, 1.82) is 0 Å². The van der Waals surface area contributed by atoms with Crippen molar-refractivity contribution in [3.8, 4) is 0 Å². The third kappa shape index (κ3) is 6.76. The topological polar surface area (TPSA) is 86.1 Å². The Labute approximate surface area is 146 Å². The fourth-order valence-corrected chi connectivity index (χ4v) is 5.21. The number of rotatable bonds is 8. The maximum atomic E-state index is 11.8. The summed E-state index contributed by atoms with van der Waals surface area (Å²) in [7, 11) is -3.18. The number of quaternary nitrogens is 2. The van der Waals surface area contributed by atoms with Gasteiger partial charge in [-0.1, -0.05) is 11.6 Å². The molecule has 1 aliphatic heterocycles.